The van der Waals surface area contributed by atoms with E-state index >= 15 is 0 Å². The second kappa shape index (κ2) is 10.3. The van der Waals surface area contributed by atoms with Crippen molar-refractivity contribution in [2.45, 2.75) is 55.7 Å². The second-order valence-corrected chi connectivity index (χ2v) is 12.3. The summed E-state index contributed by atoms with van der Waals surface area (Å²) in [4.78, 5) is 48.0. The van der Waals surface area contributed by atoms with E-state index in [-0.39, 0.29) is 35.5 Å². The molecule has 6 atom stereocenters. The molecule has 0 radical (unpaired) electrons. The van der Waals surface area contributed by atoms with Gasteiger partial charge in [0.05, 0.1) is 29.2 Å². The first-order valence-electron chi connectivity index (χ1n) is 13.5. The van der Waals surface area contributed by atoms with Gasteiger partial charge in [-0.15, -0.1) is 11.8 Å². The molecule has 0 saturated carbocycles. The molecule has 1 N–H and O–H groups in total. The number of fused-ring (bicyclic) bond motifs is 2. The summed E-state index contributed by atoms with van der Waals surface area (Å²) in [6, 6.07) is 8.32. The molecule has 4 aliphatic rings. The number of anilines is 1. The first-order chi connectivity index (χ1) is 17.9. The highest BCUT2D eigenvalue weighted by molar-refractivity contribution is 8.02. The van der Waals surface area contributed by atoms with Crippen molar-refractivity contribution >= 4 is 35.2 Å². The fraction of sp³-hybridized carbons (Fsp3) is 0.552. The Hall–Kier alpha value is -2.58. The van der Waals surface area contributed by atoms with Gasteiger partial charge in [0.25, 0.3) is 0 Å². The molecule has 0 bridgehead atoms. The number of hydrogen-bond acceptors (Lipinski definition) is 5. The van der Waals surface area contributed by atoms with Gasteiger partial charge in [-0.1, -0.05) is 69.7 Å². The Labute approximate surface area is 223 Å². The van der Waals surface area contributed by atoms with Crippen molar-refractivity contribution in [1.29, 1.82) is 0 Å². The summed E-state index contributed by atoms with van der Waals surface area (Å²) >= 11 is 1.59. The number of aliphatic hydroxyl groups excluding tert-OH is 1. The fourth-order valence-corrected chi connectivity index (χ4v) is 8.48. The Morgan fingerprint density at radius 2 is 1.81 bits per heavy atom. The lowest BCUT2D eigenvalue weighted by molar-refractivity contribution is -0.146. The molecule has 4 heterocycles. The number of hydrogen-bond donors (Lipinski definition) is 1. The molecule has 1 aromatic rings. The van der Waals surface area contributed by atoms with Crippen LogP contribution in [0.4, 0.5) is 5.69 Å². The monoisotopic (exact) mass is 523 g/mol. The molecule has 0 aliphatic carbocycles. The highest BCUT2D eigenvalue weighted by atomic mass is 32.2. The zero-order valence-corrected chi connectivity index (χ0v) is 22.6. The molecule has 7 nitrogen and oxygen atoms in total. The number of nitrogens with zero attached hydrogens (tertiary/aromatic N) is 3. The van der Waals surface area contributed by atoms with E-state index in [0.29, 0.717) is 19.6 Å². The van der Waals surface area contributed by atoms with Crippen LogP contribution in [0.2, 0.25) is 0 Å². The molecule has 37 heavy (non-hydrogen) atoms. The van der Waals surface area contributed by atoms with Crippen LogP contribution in [-0.4, -0.2) is 80.9 Å². The Morgan fingerprint density at radius 3 is 2.49 bits per heavy atom. The highest BCUT2D eigenvalue weighted by Gasteiger charge is 2.71. The van der Waals surface area contributed by atoms with Crippen LogP contribution < -0.4 is 4.90 Å². The van der Waals surface area contributed by atoms with Gasteiger partial charge in [0, 0.05) is 30.6 Å². The maximum atomic E-state index is 14.4. The average molecular weight is 524 g/mol. The molecule has 4 aliphatic heterocycles. The quantitative estimate of drug-likeness (QED) is 0.556. The summed E-state index contributed by atoms with van der Waals surface area (Å²) in [5.74, 6) is -1.65. The van der Waals surface area contributed by atoms with Crippen LogP contribution in [0.25, 0.3) is 0 Å². The third-order valence-electron chi connectivity index (χ3n) is 8.34. The summed E-state index contributed by atoms with van der Waals surface area (Å²) in [6.45, 7) is 7.37. The van der Waals surface area contributed by atoms with Gasteiger partial charge in [-0.2, -0.15) is 0 Å². The first-order valence-corrected chi connectivity index (χ1v) is 14.3. The fourth-order valence-electron chi connectivity index (χ4n) is 6.49. The topological polar surface area (TPSA) is 81.2 Å². The number of unbranched alkanes of at least 4 members (excludes halogenated alkanes) is 1. The van der Waals surface area contributed by atoms with E-state index in [1.54, 1.807) is 21.6 Å². The SMILES string of the molecule is CCCCN1CC=C[C@]23S[C@@H]4C=CCN(c5ccccc5)C(=O)[C@@H]4[C@H]2C(=O)N([C@@H](CO)C(C)C)C3C1=O. The predicted octanol–water partition coefficient (Wildman–Crippen LogP) is 3.10. The third-order valence-corrected chi connectivity index (χ3v) is 10.1. The van der Waals surface area contributed by atoms with E-state index in [9.17, 15) is 19.5 Å². The first kappa shape index (κ1) is 26.0. The molecule has 2 fully saturated rings. The molecular formula is C29H37N3O4S. The lowest BCUT2D eigenvalue weighted by Crippen LogP contribution is -2.57. The lowest BCUT2D eigenvalue weighted by Gasteiger charge is -2.39. The number of aliphatic hydroxyl groups is 1. The van der Waals surface area contributed by atoms with E-state index in [1.807, 2.05) is 67.3 Å². The molecule has 3 amide bonds. The Balaban J connectivity index is 1.61. The van der Waals surface area contributed by atoms with Crippen LogP contribution in [0.1, 0.15) is 33.6 Å². The van der Waals surface area contributed by atoms with E-state index in [0.717, 1.165) is 18.5 Å². The van der Waals surface area contributed by atoms with Crippen LogP contribution in [0, 0.1) is 17.8 Å². The Morgan fingerprint density at radius 1 is 1.05 bits per heavy atom. The van der Waals surface area contributed by atoms with E-state index < -0.39 is 28.7 Å². The van der Waals surface area contributed by atoms with Gasteiger partial charge in [-0.05, 0) is 24.5 Å². The normalized spacial score (nSPS) is 31.9. The van der Waals surface area contributed by atoms with Crippen LogP contribution in [0.3, 0.4) is 0 Å². The summed E-state index contributed by atoms with van der Waals surface area (Å²) < 4.78 is -0.855. The second-order valence-electron chi connectivity index (χ2n) is 10.8. The van der Waals surface area contributed by atoms with Crippen LogP contribution >= 0.6 is 11.8 Å². The van der Waals surface area contributed by atoms with Crippen molar-refractivity contribution < 1.29 is 19.5 Å². The van der Waals surface area contributed by atoms with Crippen LogP contribution in [-0.2, 0) is 14.4 Å². The smallest absolute Gasteiger partial charge is 0.247 e. The zero-order valence-electron chi connectivity index (χ0n) is 21.8. The van der Waals surface area contributed by atoms with Crippen LogP contribution in [0.5, 0.6) is 0 Å². The number of likely N-dealkylation sites (tertiary alicyclic amines) is 1. The summed E-state index contributed by atoms with van der Waals surface area (Å²) in [7, 11) is 0. The molecule has 1 aromatic carbocycles. The number of carbonyl (C=O) groups is 3. The van der Waals surface area contributed by atoms with Gasteiger partial charge in [-0.25, -0.2) is 0 Å². The van der Waals surface area contributed by atoms with Gasteiger partial charge in [0.2, 0.25) is 17.7 Å². The summed E-state index contributed by atoms with van der Waals surface area (Å²) in [5.41, 5.74) is 0.802. The van der Waals surface area contributed by atoms with Gasteiger partial charge in [0.1, 0.15) is 6.04 Å². The average Bonchev–Trinajstić information content (AvgIpc) is 3.20. The Bertz CT molecular complexity index is 1110. The van der Waals surface area contributed by atoms with Crippen molar-refractivity contribution in [3.05, 3.63) is 54.6 Å². The Kier molecular flexibility index (Phi) is 7.24. The number of rotatable bonds is 7. The number of carbonyl (C=O) groups excluding carboxylic acids is 3. The molecular weight excluding hydrogens is 486 g/mol. The highest BCUT2D eigenvalue weighted by Crippen LogP contribution is 2.61. The minimum atomic E-state index is -0.855. The molecule has 8 heteroatoms. The number of thioether (sulfide) groups is 1. The van der Waals surface area contributed by atoms with Gasteiger partial charge in [-0.3, -0.25) is 14.4 Å². The van der Waals surface area contributed by atoms with E-state index in [4.69, 9.17) is 0 Å². The van der Waals surface area contributed by atoms with Gasteiger partial charge >= 0.3 is 0 Å². The van der Waals surface area contributed by atoms with Crippen molar-refractivity contribution in [1.82, 2.24) is 9.80 Å². The maximum absolute atomic E-state index is 14.4. The van der Waals surface area contributed by atoms with Crippen molar-refractivity contribution in [3.8, 4) is 0 Å². The number of amides is 3. The largest absolute Gasteiger partial charge is 0.394 e. The van der Waals surface area contributed by atoms with Gasteiger partial charge in [0.15, 0.2) is 0 Å². The predicted molar refractivity (Wildman–Crippen MR) is 146 cm³/mol. The van der Waals surface area contributed by atoms with Gasteiger partial charge < -0.3 is 19.8 Å². The summed E-state index contributed by atoms with van der Waals surface area (Å²) in [6.07, 6.45) is 9.98. The molecule has 0 aromatic heterocycles. The molecule has 1 unspecified atom stereocenters. The standard InChI is InChI=1S/C29H37N3O4S/c1-4-5-15-30-16-10-14-29-24(27(35)32(25(29)28(30)36)21(18-33)19(2)3)23-22(37-29)13-9-17-31(26(23)34)20-11-7-6-8-12-20/h6-14,19,21-25,33H,4-5,15-18H2,1-3H3/t21-,22+,23-,24-,25?,29-/m0/s1. The molecule has 1 spiro atoms. The molecule has 2 saturated heterocycles. The molecule has 5 rings (SSSR count). The third kappa shape index (κ3) is 4.13. The van der Waals surface area contributed by atoms with Crippen molar-refractivity contribution in [3.63, 3.8) is 0 Å². The van der Waals surface area contributed by atoms with E-state index in [2.05, 4.69) is 13.0 Å². The minimum Gasteiger partial charge on any atom is -0.394 e. The van der Waals surface area contributed by atoms with Crippen LogP contribution in [0.15, 0.2) is 54.6 Å². The number of para-hydroxylation sites is 1. The number of benzene rings is 1. The van der Waals surface area contributed by atoms with Crippen molar-refractivity contribution in [2.75, 3.05) is 31.1 Å². The minimum absolute atomic E-state index is 0.0414. The van der Waals surface area contributed by atoms with E-state index in [1.165, 1.54) is 0 Å². The zero-order chi connectivity index (χ0) is 26.3. The van der Waals surface area contributed by atoms with Crippen molar-refractivity contribution in [2.24, 2.45) is 17.8 Å². The molecule has 198 valence electrons. The lowest BCUT2D eigenvalue weighted by atomic mass is 9.78. The maximum Gasteiger partial charge on any atom is 0.247 e. The summed E-state index contributed by atoms with van der Waals surface area (Å²) in [5, 5.41) is 10.2.